The molecule has 106 valence electrons. The lowest BCUT2D eigenvalue weighted by atomic mass is 10.0. The third-order valence-corrected chi connectivity index (χ3v) is 3.09. The second kappa shape index (κ2) is 5.20. The van der Waals surface area contributed by atoms with Gasteiger partial charge < -0.3 is 5.11 Å². The molecule has 1 aromatic heterocycles. The van der Waals surface area contributed by atoms with Crippen molar-refractivity contribution in [3.8, 4) is 11.3 Å². The third-order valence-electron chi connectivity index (χ3n) is 3.09. The molecule has 3 nitrogen and oxygen atoms in total. The number of halogens is 3. The van der Waals surface area contributed by atoms with Gasteiger partial charge in [-0.05, 0) is 25.0 Å². The van der Waals surface area contributed by atoms with Crippen LogP contribution >= 0.6 is 0 Å². The molecule has 0 saturated carbocycles. The first-order valence-electron chi connectivity index (χ1n) is 5.96. The highest BCUT2D eigenvalue weighted by Crippen LogP contribution is 2.31. The van der Waals surface area contributed by atoms with Crippen molar-refractivity contribution >= 4 is 0 Å². The number of hydrogen-bond acceptors (Lipinski definition) is 3. The molecule has 0 unspecified atom stereocenters. The van der Waals surface area contributed by atoms with Crippen LogP contribution in [0.2, 0.25) is 0 Å². The van der Waals surface area contributed by atoms with Gasteiger partial charge in [-0.1, -0.05) is 24.3 Å². The van der Waals surface area contributed by atoms with Gasteiger partial charge >= 0.3 is 6.18 Å². The van der Waals surface area contributed by atoms with Gasteiger partial charge in [0.2, 0.25) is 5.82 Å². The van der Waals surface area contributed by atoms with Crippen LogP contribution in [0.3, 0.4) is 0 Å². The minimum atomic E-state index is -4.60. The van der Waals surface area contributed by atoms with Crippen molar-refractivity contribution in [1.82, 2.24) is 9.97 Å². The van der Waals surface area contributed by atoms with E-state index >= 15 is 0 Å². The molecular weight excluding hydrogens is 269 g/mol. The predicted octanol–water partition coefficient (Wildman–Crippen LogP) is 3.27. The van der Waals surface area contributed by atoms with E-state index in [2.05, 4.69) is 9.97 Å². The maximum absolute atomic E-state index is 12.8. The van der Waals surface area contributed by atoms with Gasteiger partial charge in [-0.25, -0.2) is 9.97 Å². The Bertz CT molecular complexity index is 639. The summed E-state index contributed by atoms with van der Waals surface area (Å²) < 4.78 is 38.4. The van der Waals surface area contributed by atoms with Crippen molar-refractivity contribution < 1.29 is 18.3 Å². The van der Waals surface area contributed by atoms with E-state index in [9.17, 15) is 18.3 Å². The molecule has 0 bridgehead atoms. The van der Waals surface area contributed by atoms with Crippen molar-refractivity contribution in [3.05, 3.63) is 46.9 Å². The lowest BCUT2D eigenvalue weighted by Gasteiger charge is -2.14. The lowest BCUT2D eigenvalue weighted by Crippen LogP contribution is -2.14. The largest absolute Gasteiger partial charge is 0.451 e. The number of hydrogen-bond donors (Lipinski definition) is 1. The van der Waals surface area contributed by atoms with Gasteiger partial charge in [0, 0.05) is 11.3 Å². The molecule has 0 fully saturated rings. The van der Waals surface area contributed by atoms with Crippen LogP contribution in [0.4, 0.5) is 13.2 Å². The normalized spacial score (nSPS) is 11.7. The molecule has 2 rings (SSSR count). The fourth-order valence-corrected chi connectivity index (χ4v) is 1.91. The molecule has 2 aromatic rings. The van der Waals surface area contributed by atoms with Gasteiger partial charge in [0.15, 0.2) is 0 Å². The number of rotatable bonds is 2. The number of aryl methyl sites for hydroxylation is 1. The Morgan fingerprint density at radius 3 is 2.35 bits per heavy atom. The van der Waals surface area contributed by atoms with Crippen LogP contribution < -0.4 is 0 Å². The summed E-state index contributed by atoms with van der Waals surface area (Å²) in [6, 6.07) is 6.70. The fourth-order valence-electron chi connectivity index (χ4n) is 1.91. The van der Waals surface area contributed by atoms with E-state index < -0.39 is 12.0 Å². The Labute approximate surface area is 114 Å². The molecule has 20 heavy (non-hydrogen) atoms. The highest BCUT2D eigenvalue weighted by molar-refractivity contribution is 5.67. The topological polar surface area (TPSA) is 46.0 Å². The zero-order valence-electron chi connectivity index (χ0n) is 11.0. The van der Waals surface area contributed by atoms with Crippen LogP contribution in [-0.2, 0) is 12.8 Å². The molecule has 0 aliphatic rings. The van der Waals surface area contributed by atoms with E-state index in [4.69, 9.17) is 0 Å². The lowest BCUT2D eigenvalue weighted by molar-refractivity contribution is -0.145. The summed E-state index contributed by atoms with van der Waals surface area (Å²) in [6.45, 7) is 2.91. The van der Waals surface area contributed by atoms with E-state index in [-0.39, 0.29) is 18.0 Å². The molecule has 0 saturated heterocycles. The highest BCUT2D eigenvalue weighted by Gasteiger charge is 2.35. The van der Waals surface area contributed by atoms with E-state index in [0.717, 1.165) is 0 Å². The Morgan fingerprint density at radius 2 is 1.75 bits per heavy atom. The number of benzene rings is 1. The Balaban J connectivity index is 2.70. The summed E-state index contributed by atoms with van der Waals surface area (Å²) >= 11 is 0. The Hall–Kier alpha value is -1.95. The van der Waals surface area contributed by atoms with E-state index in [1.807, 2.05) is 0 Å². The fraction of sp³-hybridized carbons (Fsp3) is 0.286. The van der Waals surface area contributed by atoms with Crippen LogP contribution in [0.1, 0.15) is 22.6 Å². The van der Waals surface area contributed by atoms with E-state index in [1.165, 1.54) is 6.92 Å². The number of nitrogens with zero attached hydrogens (tertiary/aromatic N) is 2. The van der Waals surface area contributed by atoms with Crippen molar-refractivity contribution in [1.29, 1.82) is 0 Å². The first-order valence-corrected chi connectivity index (χ1v) is 5.96. The predicted molar refractivity (Wildman–Crippen MR) is 67.9 cm³/mol. The molecule has 0 spiro atoms. The zero-order chi connectivity index (χ0) is 14.9. The average Bonchev–Trinajstić information content (AvgIpc) is 2.40. The number of aliphatic hydroxyl groups is 1. The summed E-state index contributed by atoms with van der Waals surface area (Å²) in [7, 11) is 0. The number of alkyl halides is 3. The monoisotopic (exact) mass is 282 g/mol. The second-order valence-electron chi connectivity index (χ2n) is 4.42. The molecule has 1 N–H and O–H groups in total. The van der Waals surface area contributed by atoms with Crippen LogP contribution in [0.25, 0.3) is 11.3 Å². The summed E-state index contributed by atoms with van der Waals surface area (Å²) in [4.78, 5) is 7.12. The molecular formula is C14H13F3N2O. The summed E-state index contributed by atoms with van der Waals surface area (Å²) in [5.41, 5.74) is 2.06. The second-order valence-corrected chi connectivity index (χ2v) is 4.42. The van der Waals surface area contributed by atoms with Crippen LogP contribution in [0.15, 0.2) is 24.3 Å². The standard InChI is InChI=1S/C14H13F3N2O/c1-8-9(2)18-13(14(15,16)17)19-12(8)11-6-4-3-5-10(11)7-20/h3-6,20H,7H2,1-2H3. The first kappa shape index (κ1) is 14.5. The van der Waals surface area contributed by atoms with Crippen molar-refractivity contribution in [2.75, 3.05) is 0 Å². The van der Waals surface area contributed by atoms with Crippen LogP contribution in [0, 0.1) is 13.8 Å². The first-order chi connectivity index (χ1) is 9.34. The maximum atomic E-state index is 12.8. The smallest absolute Gasteiger partial charge is 0.392 e. The Morgan fingerprint density at radius 1 is 1.10 bits per heavy atom. The third kappa shape index (κ3) is 2.65. The molecule has 0 atom stereocenters. The minimum absolute atomic E-state index is 0.203. The van der Waals surface area contributed by atoms with Gasteiger partial charge in [0.25, 0.3) is 0 Å². The average molecular weight is 282 g/mol. The van der Waals surface area contributed by atoms with Crippen molar-refractivity contribution in [2.45, 2.75) is 26.6 Å². The van der Waals surface area contributed by atoms with Gasteiger partial charge in [-0.2, -0.15) is 13.2 Å². The number of aliphatic hydroxyl groups excluding tert-OH is 1. The Kier molecular flexibility index (Phi) is 3.76. The molecule has 6 heteroatoms. The molecule has 0 aliphatic carbocycles. The van der Waals surface area contributed by atoms with Gasteiger partial charge in [0.05, 0.1) is 12.3 Å². The zero-order valence-corrected chi connectivity index (χ0v) is 11.0. The number of aromatic nitrogens is 2. The van der Waals surface area contributed by atoms with Crippen LogP contribution in [0.5, 0.6) is 0 Å². The SMILES string of the molecule is Cc1nc(C(F)(F)F)nc(-c2ccccc2CO)c1C. The maximum Gasteiger partial charge on any atom is 0.451 e. The van der Waals surface area contributed by atoms with Crippen molar-refractivity contribution in [2.24, 2.45) is 0 Å². The van der Waals surface area contributed by atoms with Crippen LogP contribution in [-0.4, -0.2) is 15.1 Å². The summed E-state index contributed by atoms with van der Waals surface area (Å²) in [5, 5.41) is 9.30. The van der Waals surface area contributed by atoms with Gasteiger partial charge in [0.1, 0.15) is 0 Å². The van der Waals surface area contributed by atoms with E-state index in [1.54, 1.807) is 31.2 Å². The van der Waals surface area contributed by atoms with E-state index in [0.29, 0.717) is 16.7 Å². The molecule has 0 aliphatic heterocycles. The molecule has 0 amide bonds. The summed E-state index contributed by atoms with van der Waals surface area (Å²) in [5.74, 6) is -1.16. The van der Waals surface area contributed by atoms with Crippen molar-refractivity contribution in [3.63, 3.8) is 0 Å². The summed E-state index contributed by atoms with van der Waals surface area (Å²) in [6.07, 6.45) is -4.60. The highest BCUT2D eigenvalue weighted by atomic mass is 19.4. The minimum Gasteiger partial charge on any atom is -0.392 e. The van der Waals surface area contributed by atoms with Gasteiger partial charge in [-0.15, -0.1) is 0 Å². The quantitative estimate of drug-likeness (QED) is 0.919. The van der Waals surface area contributed by atoms with Gasteiger partial charge in [-0.3, -0.25) is 0 Å². The molecule has 0 radical (unpaired) electrons. The molecule has 1 heterocycles. The molecule has 1 aromatic carbocycles.